The Kier molecular flexibility index (Phi) is 3.28. The lowest BCUT2D eigenvalue weighted by Gasteiger charge is -2.26. The molecule has 2 nitrogen and oxygen atoms in total. The van der Waals surface area contributed by atoms with Crippen molar-refractivity contribution in [1.29, 1.82) is 0 Å². The summed E-state index contributed by atoms with van der Waals surface area (Å²) < 4.78 is 0. The number of hydrogen-bond donors (Lipinski definition) is 2. The molecule has 2 aromatic carbocycles. The predicted octanol–water partition coefficient (Wildman–Crippen LogP) is 3.62. The van der Waals surface area contributed by atoms with Crippen LogP contribution in [0.15, 0.2) is 48.5 Å². The maximum absolute atomic E-state index is 9.93. The SMILES string of the molecule is CC(C)(Cc1ccccc1O)c1ccccc1O. The molecule has 0 radical (unpaired) electrons. The van der Waals surface area contributed by atoms with Crippen molar-refractivity contribution in [2.45, 2.75) is 25.7 Å². The first-order valence-corrected chi connectivity index (χ1v) is 6.06. The van der Waals surface area contributed by atoms with Gasteiger partial charge < -0.3 is 10.2 Å². The molecule has 0 spiro atoms. The van der Waals surface area contributed by atoms with Crippen molar-refractivity contribution in [3.8, 4) is 11.5 Å². The zero-order valence-electron chi connectivity index (χ0n) is 10.7. The monoisotopic (exact) mass is 242 g/mol. The number of rotatable bonds is 3. The lowest BCUT2D eigenvalue weighted by Crippen LogP contribution is -2.20. The lowest BCUT2D eigenvalue weighted by atomic mass is 9.78. The molecule has 2 heteroatoms. The van der Waals surface area contributed by atoms with Crippen LogP contribution in [0, 0.1) is 0 Å². The highest BCUT2D eigenvalue weighted by Crippen LogP contribution is 2.35. The number of para-hydroxylation sites is 2. The van der Waals surface area contributed by atoms with Gasteiger partial charge in [0.2, 0.25) is 0 Å². The van der Waals surface area contributed by atoms with Gasteiger partial charge >= 0.3 is 0 Å². The topological polar surface area (TPSA) is 40.5 Å². The minimum Gasteiger partial charge on any atom is -0.508 e. The molecule has 0 aromatic heterocycles. The summed E-state index contributed by atoms with van der Waals surface area (Å²) in [6.45, 7) is 4.13. The molecule has 0 atom stereocenters. The third-order valence-corrected chi connectivity index (χ3v) is 3.26. The van der Waals surface area contributed by atoms with Crippen LogP contribution in [0.1, 0.15) is 25.0 Å². The second-order valence-corrected chi connectivity index (χ2v) is 5.21. The number of benzene rings is 2. The summed E-state index contributed by atoms with van der Waals surface area (Å²) in [6.07, 6.45) is 0.678. The molecule has 0 amide bonds. The summed E-state index contributed by atoms with van der Waals surface area (Å²) in [5.74, 6) is 0.610. The predicted molar refractivity (Wildman–Crippen MR) is 72.9 cm³/mol. The van der Waals surface area contributed by atoms with E-state index < -0.39 is 0 Å². The fourth-order valence-corrected chi connectivity index (χ4v) is 2.28. The second kappa shape index (κ2) is 4.73. The first-order valence-electron chi connectivity index (χ1n) is 6.06. The Balaban J connectivity index is 2.33. The van der Waals surface area contributed by atoms with Crippen LogP contribution in [0.5, 0.6) is 11.5 Å². The first-order chi connectivity index (χ1) is 8.50. The van der Waals surface area contributed by atoms with Crippen LogP contribution in [0.25, 0.3) is 0 Å². The van der Waals surface area contributed by atoms with E-state index in [2.05, 4.69) is 13.8 Å². The van der Waals surface area contributed by atoms with Gasteiger partial charge in [-0.3, -0.25) is 0 Å². The molecule has 0 aliphatic carbocycles. The molecular formula is C16H18O2. The van der Waals surface area contributed by atoms with E-state index in [9.17, 15) is 10.2 Å². The van der Waals surface area contributed by atoms with E-state index >= 15 is 0 Å². The Morgan fingerprint density at radius 2 is 1.39 bits per heavy atom. The van der Waals surface area contributed by atoms with Crippen LogP contribution in [0.4, 0.5) is 0 Å². The highest BCUT2D eigenvalue weighted by molar-refractivity contribution is 5.41. The van der Waals surface area contributed by atoms with Gasteiger partial charge in [-0.15, -0.1) is 0 Å². The average Bonchev–Trinajstić information content (AvgIpc) is 2.32. The van der Waals surface area contributed by atoms with Gasteiger partial charge in [-0.2, -0.15) is 0 Å². The third-order valence-electron chi connectivity index (χ3n) is 3.26. The minimum atomic E-state index is -0.232. The van der Waals surface area contributed by atoms with Crippen molar-refractivity contribution in [2.24, 2.45) is 0 Å². The first kappa shape index (κ1) is 12.5. The summed E-state index contributed by atoms with van der Waals surface area (Å²) in [6, 6.07) is 14.7. The second-order valence-electron chi connectivity index (χ2n) is 5.21. The van der Waals surface area contributed by atoms with Gasteiger partial charge in [0.15, 0.2) is 0 Å². The van der Waals surface area contributed by atoms with E-state index in [0.717, 1.165) is 11.1 Å². The zero-order chi connectivity index (χ0) is 13.2. The Labute approximate surface area is 108 Å². The van der Waals surface area contributed by atoms with Crippen LogP contribution < -0.4 is 0 Å². The van der Waals surface area contributed by atoms with Gasteiger partial charge in [0.05, 0.1) is 0 Å². The van der Waals surface area contributed by atoms with Crippen LogP contribution in [-0.2, 0) is 11.8 Å². The van der Waals surface area contributed by atoms with E-state index in [4.69, 9.17) is 0 Å². The molecule has 0 saturated carbocycles. The Bertz CT molecular complexity index is 544. The van der Waals surface area contributed by atoms with Crippen molar-refractivity contribution < 1.29 is 10.2 Å². The summed E-state index contributed by atoms with van der Waals surface area (Å²) >= 11 is 0. The average molecular weight is 242 g/mol. The van der Waals surface area contributed by atoms with Gasteiger partial charge in [-0.25, -0.2) is 0 Å². The summed E-state index contributed by atoms with van der Waals surface area (Å²) in [5, 5.41) is 19.8. The van der Waals surface area contributed by atoms with Gasteiger partial charge in [-0.05, 0) is 35.1 Å². The molecular weight excluding hydrogens is 224 g/mol. The van der Waals surface area contributed by atoms with Crippen molar-refractivity contribution in [3.05, 3.63) is 59.7 Å². The maximum Gasteiger partial charge on any atom is 0.119 e. The molecule has 0 unspecified atom stereocenters. The number of phenols is 2. The van der Waals surface area contributed by atoms with Crippen LogP contribution >= 0.6 is 0 Å². The van der Waals surface area contributed by atoms with Gasteiger partial charge in [0, 0.05) is 0 Å². The molecule has 2 aromatic rings. The van der Waals surface area contributed by atoms with Crippen LogP contribution in [0.3, 0.4) is 0 Å². The van der Waals surface area contributed by atoms with Gasteiger partial charge in [-0.1, -0.05) is 50.2 Å². The Morgan fingerprint density at radius 3 is 2.00 bits per heavy atom. The third kappa shape index (κ3) is 2.48. The summed E-state index contributed by atoms with van der Waals surface area (Å²) in [4.78, 5) is 0. The quantitative estimate of drug-likeness (QED) is 0.863. The number of aromatic hydroxyl groups is 2. The fourth-order valence-electron chi connectivity index (χ4n) is 2.28. The molecule has 18 heavy (non-hydrogen) atoms. The van der Waals surface area contributed by atoms with Crippen LogP contribution in [0.2, 0.25) is 0 Å². The van der Waals surface area contributed by atoms with Gasteiger partial charge in [0.25, 0.3) is 0 Å². The minimum absolute atomic E-state index is 0.232. The van der Waals surface area contributed by atoms with Gasteiger partial charge in [0.1, 0.15) is 11.5 Å². The van der Waals surface area contributed by atoms with Crippen molar-refractivity contribution in [3.63, 3.8) is 0 Å². The molecule has 94 valence electrons. The Morgan fingerprint density at radius 1 is 0.833 bits per heavy atom. The van der Waals surface area contributed by atoms with E-state index in [1.165, 1.54) is 0 Å². The van der Waals surface area contributed by atoms with Crippen molar-refractivity contribution in [2.75, 3.05) is 0 Å². The molecule has 0 fully saturated rings. The molecule has 0 bridgehead atoms. The number of phenolic OH excluding ortho intramolecular Hbond substituents is 2. The highest BCUT2D eigenvalue weighted by atomic mass is 16.3. The Hall–Kier alpha value is -1.96. The normalized spacial score (nSPS) is 11.4. The van der Waals surface area contributed by atoms with Crippen molar-refractivity contribution in [1.82, 2.24) is 0 Å². The smallest absolute Gasteiger partial charge is 0.119 e. The molecule has 2 N–H and O–H groups in total. The standard InChI is InChI=1S/C16H18O2/c1-16(2,13-8-4-6-10-15(13)18)11-12-7-3-5-9-14(12)17/h3-10,17-18H,11H2,1-2H3. The summed E-state index contributed by atoms with van der Waals surface area (Å²) in [5.41, 5.74) is 1.56. The zero-order valence-corrected chi connectivity index (χ0v) is 10.7. The number of hydrogen-bond acceptors (Lipinski definition) is 2. The molecule has 0 aliphatic heterocycles. The van der Waals surface area contributed by atoms with E-state index in [1.807, 2.05) is 36.4 Å². The summed E-state index contributed by atoms with van der Waals surface area (Å²) in [7, 11) is 0. The van der Waals surface area contributed by atoms with E-state index in [1.54, 1.807) is 12.1 Å². The maximum atomic E-state index is 9.93. The van der Waals surface area contributed by atoms with Crippen molar-refractivity contribution >= 4 is 0 Å². The van der Waals surface area contributed by atoms with Crippen LogP contribution in [-0.4, -0.2) is 10.2 Å². The molecule has 0 aliphatic rings. The van der Waals surface area contributed by atoms with E-state index in [0.29, 0.717) is 17.9 Å². The molecule has 0 heterocycles. The molecule has 2 rings (SSSR count). The fraction of sp³-hybridized carbons (Fsp3) is 0.250. The highest BCUT2D eigenvalue weighted by Gasteiger charge is 2.24. The lowest BCUT2D eigenvalue weighted by molar-refractivity contribution is 0.423. The molecule has 0 saturated heterocycles. The van der Waals surface area contributed by atoms with E-state index in [-0.39, 0.29) is 5.41 Å². The largest absolute Gasteiger partial charge is 0.508 e.